The summed E-state index contributed by atoms with van der Waals surface area (Å²) in [6.07, 6.45) is 2.69. The van der Waals surface area contributed by atoms with Gasteiger partial charge >= 0.3 is 5.97 Å². The zero-order valence-electron chi connectivity index (χ0n) is 12.1. The molecule has 0 spiro atoms. The number of piperidine rings is 1. The summed E-state index contributed by atoms with van der Waals surface area (Å²) in [4.78, 5) is 24.9. The minimum absolute atomic E-state index is 0.0683. The highest BCUT2D eigenvalue weighted by atomic mass is 16.4. The number of likely N-dealkylation sites (tertiary alicyclic amines) is 1. The van der Waals surface area contributed by atoms with Gasteiger partial charge in [0.1, 0.15) is 6.04 Å². The van der Waals surface area contributed by atoms with E-state index >= 15 is 0 Å². The predicted octanol–water partition coefficient (Wildman–Crippen LogP) is 1.79. The van der Waals surface area contributed by atoms with Crippen LogP contribution >= 0.6 is 0 Å². The van der Waals surface area contributed by atoms with Crippen molar-refractivity contribution >= 4 is 11.9 Å². The van der Waals surface area contributed by atoms with Crippen LogP contribution in [-0.2, 0) is 9.59 Å². The molecule has 5 nitrogen and oxygen atoms in total. The Hall–Kier alpha value is -1.88. The number of carboxylic acid groups (broad SMARTS) is 1. The molecule has 2 unspecified atom stereocenters. The first kappa shape index (κ1) is 15.5. The summed E-state index contributed by atoms with van der Waals surface area (Å²) in [5.41, 5.74) is 6.87. The standard InChI is InChI=1S/C16H22N2O3/c17-15(13-6-2-1-3-7-13)16(21)18-10-4-5-12(11-18)8-9-14(19)20/h1-3,6-7,12,15H,4-5,8-11,17H2,(H,19,20). The monoisotopic (exact) mass is 290 g/mol. The fourth-order valence-corrected chi connectivity index (χ4v) is 2.83. The van der Waals surface area contributed by atoms with Crippen molar-refractivity contribution in [3.63, 3.8) is 0 Å². The highest BCUT2D eigenvalue weighted by Gasteiger charge is 2.27. The number of hydrogen-bond acceptors (Lipinski definition) is 3. The number of amides is 1. The summed E-state index contributed by atoms with van der Waals surface area (Å²) < 4.78 is 0. The maximum Gasteiger partial charge on any atom is 0.303 e. The maximum atomic E-state index is 12.5. The topological polar surface area (TPSA) is 83.6 Å². The highest BCUT2D eigenvalue weighted by molar-refractivity contribution is 5.83. The number of carbonyl (C=O) groups excluding carboxylic acids is 1. The van der Waals surface area contributed by atoms with Gasteiger partial charge in [-0.1, -0.05) is 30.3 Å². The van der Waals surface area contributed by atoms with Crippen LogP contribution in [0.25, 0.3) is 0 Å². The lowest BCUT2D eigenvalue weighted by Crippen LogP contribution is -2.44. The minimum atomic E-state index is -0.778. The molecule has 0 saturated carbocycles. The molecule has 3 N–H and O–H groups in total. The van der Waals surface area contributed by atoms with E-state index in [-0.39, 0.29) is 18.2 Å². The number of hydrogen-bond donors (Lipinski definition) is 2. The molecule has 1 aromatic rings. The number of benzene rings is 1. The van der Waals surface area contributed by atoms with Gasteiger partial charge in [0.2, 0.25) is 5.91 Å². The molecule has 1 saturated heterocycles. The molecule has 1 fully saturated rings. The largest absolute Gasteiger partial charge is 0.481 e. The summed E-state index contributed by atoms with van der Waals surface area (Å²) >= 11 is 0. The average molecular weight is 290 g/mol. The Morgan fingerprint density at radius 1 is 1.33 bits per heavy atom. The molecule has 21 heavy (non-hydrogen) atoms. The fraction of sp³-hybridized carbons (Fsp3) is 0.500. The van der Waals surface area contributed by atoms with Crippen LogP contribution in [-0.4, -0.2) is 35.0 Å². The van der Waals surface area contributed by atoms with Crippen LogP contribution in [0.2, 0.25) is 0 Å². The summed E-state index contributed by atoms with van der Waals surface area (Å²) in [6, 6.07) is 8.71. The van der Waals surface area contributed by atoms with E-state index in [0.29, 0.717) is 19.5 Å². The van der Waals surface area contributed by atoms with E-state index in [1.807, 2.05) is 30.3 Å². The summed E-state index contributed by atoms with van der Waals surface area (Å²) in [6.45, 7) is 1.33. The van der Waals surface area contributed by atoms with Crippen molar-refractivity contribution in [1.29, 1.82) is 0 Å². The van der Waals surface area contributed by atoms with E-state index in [1.165, 1.54) is 0 Å². The minimum Gasteiger partial charge on any atom is -0.481 e. The molecule has 114 valence electrons. The number of rotatable bonds is 5. The van der Waals surface area contributed by atoms with Crippen molar-refractivity contribution in [3.8, 4) is 0 Å². The lowest BCUT2D eigenvalue weighted by molar-refractivity contribution is -0.137. The SMILES string of the molecule is NC(C(=O)N1CCCC(CCC(=O)O)C1)c1ccccc1. The van der Waals surface area contributed by atoms with Gasteiger partial charge in [-0.2, -0.15) is 0 Å². The molecule has 5 heteroatoms. The van der Waals surface area contributed by atoms with E-state index < -0.39 is 12.0 Å². The molecule has 0 aliphatic carbocycles. The van der Waals surface area contributed by atoms with Crippen LogP contribution in [0.1, 0.15) is 37.3 Å². The Morgan fingerprint density at radius 3 is 2.71 bits per heavy atom. The second kappa shape index (κ2) is 7.22. The van der Waals surface area contributed by atoms with Gasteiger partial charge in [0.05, 0.1) is 0 Å². The normalized spacial score (nSPS) is 20.0. The van der Waals surface area contributed by atoms with Gasteiger partial charge in [-0.3, -0.25) is 9.59 Å². The molecule has 0 bridgehead atoms. The maximum absolute atomic E-state index is 12.5. The van der Waals surface area contributed by atoms with Crippen LogP contribution < -0.4 is 5.73 Å². The van der Waals surface area contributed by atoms with Crippen LogP contribution in [0.15, 0.2) is 30.3 Å². The molecular weight excluding hydrogens is 268 g/mol. The second-order valence-corrected chi connectivity index (χ2v) is 5.61. The van der Waals surface area contributed by atoms with Gasteiger partial charge in [0, 0.05) is 19.5 Å². The van der Waals surface area contributed by atoms with Crippen molar-refractivity contribution in [2.75, 3.05) is 13.1 Å². The van der Waals surface area contributed by atoms with Crippen LogP contribution in [0, 0.1) is 5.92 Å². The summed E-state index contributed by atoms with van der Waals surface area (Å²) in [5.74, 6) is -0.581. The van der Waals surface area contributed by atoms with Gasteiger partial charge in [0.15, 0.2) is 0 Å². The molecular formula is C16H22N2O3. The van der Waals surface area contributed by atoms with Crippen molar-refractivity contribution in [2.24, 2.45) is 11.7 Å². The highest BCUT2D eigenvalue weighted by Crippen LogP contribution is 2.23. The molecule has 1 aromatic carbocycles. The first-order valence-corrected chi connectivity index (χ1v) is 7.39. The third-order valence-electron chi connectivity index (χ3n) is 4.02. The second-order valence-electron chi connectivity index (χ2n) is 5.61. The lowest BCUT2D eigenvalue weighted by Gasteiger charge is -2.34. The third kappa shape index (κ3) is 4.29. The third-order valence-corrected chi connectivity index (χ3v) is 4.02. The predicted molar refractivity (Wildman–Crippen MR) is 79.5 cm³/mol. The first-order chi connectivity index (χ1) is 10.1. The zero-order chi connectivity index (χ0) is 15.2. The van der Waals surface area contributed by atoms with Crippen LogP contribution in [0.3, 0.4) is 0 Å². The number of carboxylic acids is 1. The van der Waals surface area contributed by atoms with Crippen molar-refractivity contribution < 1.29 is 14.7 Å². The van der Waals surface area contributed by atoms with Crippen molar-refractivity contribution in [2.45, 2.75) is 31.7 Å². The first-order valence-electron chi connectivity index (χ1n) is 7.39. The molecule has 0 aromatic heterocycles. The molecule has 2 atom stereocenters. The Morgan fingerprint density at radius 2 is 2.05 bits per heavy atom. The Labute approximate surface area is 124 Å². The smallest absolute Gasteiger partial charge is 0.303 e. The van der Waals surface area contributed by atoms with E-state index in [9.17, 15) is 9.59 Å². The van der Waals surface area contributed by atoms with Crippen LogP contribution in [0.5, 0.6) is 0 Å². The lowest BCUT2D eigenvalue weighted by atomic mass is 9.92. The molecule has 2 rings (SSSR count). The Balaban J connectivity index is 1.94. The van der Waals surface area contributed by atoms with Gasteiger partial charge in [-0.15, -0.1) is 0 Å². The number of carbonyl (C=O) groups is 2. The van der Waals surface area contributed by atoms with Gasteiger partial charge in [0.25, 0.3) is 0 Å². The van der Waals surface area contributed by atoms with Crippen molar-refractivity contribution in [1.82, 2.24) is 4.90 Å². The molecule has 1 amide bonds. The fourth-order valence-electron chi connectivity index (χ4n) is 2.83. The molecule has 1 aliphatic rings. The molecule has 1 aliphatic heterocycles. The number of nitrogens with two attached hydrogens (primary N) is 1. The Kier molecular flexibility index (Phi) is 5.33. The summed E-state index contributed by atoms with van der Waals surface area (Å²) in [5, 5.41) is 8.76. The zero-order valence-corrected chi connectivity index (χ0v) is 12.1. The van der Waals surface area contributed by atoms with Gasteiger partial charge in [-0.25, -0.2) is 0 Å². The van der Waals surface area contributed by atoms with E-state index in [2.05, 4.69) is 0 Å². The van der Waals surface area contributed by atoms with Gasteiger partial charge < -0.3 is 15.7 Å². The molecule has 1 heterocycles. The van der Waals surface area contributed by atoms with E-state index in [4.69, 9.17) is 10.8 Å². The number of nitrogens with zero attached hydrogens (tertiary/aromatic N) is 1. The van der Waals surface area contributed by atoms with Gasteiger partial charge in [-0.05, 0) is 30.7 Å². The summed E-state index contributed by atoms with van der Waals surface area (Å²) in [7, 11) is 0. The van der Waals surface area contributed by atoms with E-state index in [1.54, 1.807) is 4.90 Å². The molecule has 0 radical (unpaired) electrons. The Bertz CT molecular complexity index is 490. The quantitative estimate of drug-likeness (QED) is 0.866. The number of aliphatic carboxylic acids is 1. The van der Waals surface area contributed by atoms with Crippen LogP contribution in [0.4, 0.5) is 0 Å². The average Bonchev–Trinajstić information content (AvgIpc) is 2.52. The van der Waals surface area contributed by atoms with Crippen molar-refractivity contribution in [3.05, 3.63) is 35.9 Å². The van der Waals surface area contributed by atoms with E-state index in [0.717, 1.165) is 18.4 Å².